The van der Waals surface area contributed by atoms with Gasteiger partial charge in [0.25, 0.3) is 0 Å². The molecule has 0 atom stereocenters. The van der Waals surface area contributed by atoms with E-state index in [1.807, 2.05) is 29.1 Å². The quantitative estimate of drug-likeness (QED) is 0.817. The maximum atomic E-state index is 9.37. The van der Waals surface area contributed by atoms with Crippen LogP contribution in [0.3, 0.4) is 0 Å². The Morgan fingerprint density at radius 1 is 1.31 bits per heavy atom. The van der Waals surface area contributed by atoms with Crippen molar-refractivity contribution in [1.82, 2.24) is 9.78 Å². The van der Waals surface area contributed by atoms with Crippen LogP contribution in [0.4, 0.5) is 0 Å². The van der Waals surface area contributed by atoms with Crippen molar-refractivity contribution in [2.45, 2.75) is 13.0 Å². The maximum Gasteiger partial charge on any atom is 0.116 e. The van der Waals surface area contributed by atoms with E-state index in [1.165, 1.54) is 0 Å². The second-order valence-electron chi connectivity index (χ2n) is 3.66. The van der Waals surface area contributed by atoms with Crippen molar-refractivity contribution in [2.24, 2.45) is 5.73 Å². The largest absolute Gasteiger partial charge is 0.508 e. The molecule has 0 fully saturated rings. The van der Waals surface area contributed by atoms with Gasteiger partial charge in [0.15, 0.2) is 0 Å². The van der Waals surface area contributed by atoms with Crippen LogP contribution >= 0.6 is 0 Å². The van der Waals surface area contributed by atoms with Gasteiger partial charge in [-0.2, -0.15) is 5.10 Å². The summed E-state index contributed by atoms with van der Waals surface area (Å²) in [6, 6.07) is 9.02. The van der Waals surface area contributed by atoms with Gasteiger partial charge in [0.2, 0.25) is 0 Å². The molecule has 16 heavy (non-hydrogen) atoms. The molecular weight excluding hydrogens is 202 g/mol. The van der Waals surface area contributed by atoms with Crippen molar-refractivity contribution < 1.29 is 5.11 Å². The zero-order valence-electron chi connectivity index (χ0n) is 9.00. The molecule has 1 aromatic carbocycles. The third-order valence-corrected chi connectivity index (χ3v) is 2.37. The average molecular weight is 217 g/mol. The first-order chi connectivity index (χ1) is 7.79. The number of phenols is 1. The Hall–Kier alpha value is -1.81. The summed E-state index contributed by atoms with van der Waals surface area (Å²) in [5.74, 6) is 0.258. The first-order valence-electron chi connectivity index (χ1n) is 5.32. The molecule has 0 amide bonds. The Balaban J connectivity index is 2.18. The van der Waals surface area contributed by atoms with Crippen molar-refractivity contribution in [3.05, 3.63) is 36.5 Å². The molecule has 0 saturated carbocycles. The number of aryl methyl sites for hydroxylation is 1. The van der Waals surface area contributed by atoms with Gasteiger partial charge >= 0.3 is 0 Å². The molecule has 2 rings (SSSR count). The van der Waals surface area contributed by atoms with E-state index in [9.17, 15) is 5.11 Å². The van der Waals surface area contributed by atoms with Gasteiger partial charge < -0.3 is 10.8 Å². The van der Waals surface area contributed by atoms with Crippen LogP contribution in [0.2, 0.25) is 0 Å². The molecule has 3 N–H and O–H groups in total. The summed E-state index contributed by atoms with van der Waals surface area (Å²) < 4.78 is 1.87. The Kier molecular flexibility index (Phi) is 3.22. The molecule has 0 aliphatic heterocycles. The predicted molar refractivity (Wildman–Crippen MR) is 63.0 cm³/mol. The number of rotatable bonds is 4. The molecule has 0 aliphatic rings. The second kappa shape index (κ2) is 4.81. The van der Waals surface area contributed by atoms with Crippen molar-refractivity contribution in [3.8, 4) is 17.0 Å². The lowest BCUT2D eigenvalue weighted by atomic mass is 10.1. The summed E-state index contributed by atoms with van der Waals surface area (Å²) in [6.07, 6.45) is 2.84. The molecule has 2 aromatic rings. The van der Waals surface area contributed by atoms with Crippen LogP contribution in [-0.4, -0.2) is 21.4 Å². The number of nitrogens with zero attached hydrogens (tertiary/aromatic N) is 2. The van der Waals surface area contributed by atoms with E-state index in [2.05, 4.69) is 5.10 Å². The third kappa shape index (κ3) is 2.41. The van der Waals surface area contributed by atoms with E-state index in [4.69, 9.17) is 5.73 Å². The fourth-order valence-corrected chi connectivity index (χ4v) is 1.56. The summed E-state index contributed by atoms with van der Waals surface area (Å²) >= 11 is 0. The van der Waals surface area contributed by atoms with Crippen LogP contribution in [0.1, 0.15) is 6.42 Å². The summed E-state index contributed by atoms with van der Waals surface area (Å²) in [5, 5.41) is 13.8. The fraction of sp³-hybridized carbons (Fsp3) is 0.250. The molecule has 4 nitrogen and oxygen atoms in total. The van der Waals surface area contributed by atoms with E-state index in [0.29, 0.717) is 6.54 Å². The molecule has 0 bridgehead atoms. The molecule has 0 saturated heterocycles. The lowest BCUT2D eigenvalue weighted by Crippen LogP contribution is -2.06. The fourth-order valence-electron chi connectivity index (χ4n) is 1.56. The van der Waals surface area contributed by atoms with Crippen molar-refractivity contribution >= 4 is 0 Å². The standard InChI is InChI=1S/C12H15N3O/c13-6-2-7-15-8-5-12(14-15)10-3-1-4-11(16)9-10/h1,3-5,8-9,16H,2,6-7,13H2. The van der Waals surface area contributed by atoms with E-state index < -0.39 is 0 Å². The molecule has 0 radical (unpaired) electrons. The lowest BCUT2D eigenvalue weighted by molar-refractivity contribution is 0.475. The zero-order chi connectivity index (χ0) is 11.4. The Bertz CT molecular complexity index is 465. The lowest BCUT2D eigenvalue weighted by Gasteiger charge is -1.99. The summed E-state index contributed by atoms with van der Waals surface area (Å²) in [4.78, 5) is 0. The van der Waals surface area contributed by atoms with Crippen molar-refractivity contribution in [1.29, 1.82) is 0 Å². The van der Waals surface area contributed by atoms with Gasteiger partial charge in [-0.05, 0) is 31.2 Å². The molecule has 1 heterocycles. The van der Waals surface area contributed by atoms with Crippen LogP contribution in [0.25, 0.3) is 11.3 Å². The number of phenolic OH excluding ortho intramolecular Hbond substituents is 1. The van der Waals surface area contributed by atoms with Crippen LogP contribution in [0.15, 0.2) is 36.5 Å². The van der Waals surface area contributed by atoms with Gasteiger partial charge in [0.1, 0.15) is 5.75 Å². The van der Waals surface area contributed by atoms with Crippen LogP contribution in [0.5, 0.6) is 5.75 Å². The SMILES string of the molecule is NCCCn1ccc(-c2cccc(O)c2)n1. The number of hydrogen-bond acceptors (Lipinski definition) is 3. The van der Waals surface area contributed by atoms with Gasteiger partial charge in [-0.15, -0.1) is 0 Å². The van der Waals surface area contributed by atoms with E-state index in [-0.39, 0.29) is 5.75 Å². The third-order valence-electron chi connectivity index (χ3n) is 2.37. The Morgan fingerprint density at radius 3 is 2.94 bits per heavy atom. The summed E-state index contributed by atoms with van der Waals surface area (Å²) in [7, 11) is 0. The van der Waals surface area contributed by atoms with Gasteiger partial charge in [0.05, 0.1) is 5.69 Å². The molecule has 0 spiro atoms. The van der Waals surface area contributed by atoms with E-state index in [1.54, 1.807) is 12.1 Å². The maximum absolute atomic E-state index is 9.37. The van der Waals surface area contributed by atoms with Crippen molar-refractivity contribution in [2.75, 3.05) is 6.54 Å². The van der Waals surface area contributed by atoms with Gasteiger partial charge in [-0.25, -0.2) is 0 Å². The first kappa shape index (κ1) is 10.7. The highest BCUT2D eigenvalue weighted by Gasteiger charge is 2.02. The minimum absolute atomic E-state index is 0.258. The Morgan fingerprint density at radius 2 is 2.19 bits per heavy atom. The number of nitrogens with two attached hydrogens (primary N) is 1. The second-order valence-corrected chi connectivity index (χ2v) is 3.66. The van der Waals surface area contributed by atoms with Crippen LogP contribution in [-0.2, 0) is 6.54 Å². The monoisotopic (exact) mass is 217 g/mol. The first-order valence-corrected chi connectivity index (χ1v) is 5.32. The Labute approximate surface area is 94.3 Å². The summed E-state index contributed by atoms with van der Waals surface area (Å²) in [5.41, 5.74) is 7.23. The highest BCUT2D eigenvalue weighted by molar-refractivity contribution is 5.60. The zero-order valence-corrected chi connectivity index (χ0v) is 9.00. The molecule has 1 aromatic heterocycles. The summed E-state index contributed by atoms with van der Waals surface area (Å²) in [6.45, 7) is 1.50. The van der Waals surface area contributed by atoms with Crippen LogP contribution in [0, 0.1) is 0 Å². The highest BCUT2D eigenvalue weighted by atomic mass is 16.3. The number of aromatic nitrogens is 2. The smallest absolute Gasteiger partial charge is 0.116 e. The topological polar surface area (TPSA) is 64.1 Å². The van der Waals surface area contributed by atoms with Crippen LogP contribution < -0.4 is 5.73 Å². The molecule has 0 aliphatic carbocycles. The van der Waals surface area contributed by atoms with E-state index in [0.717, 1.165) is 24.2 Å². The normalized spacial score (nSPS) is 10.6. The van der Waals surface area contributed by atoms with Gasteiger partial charge in [-0.3, -0.25) is 4.68 Å². The van der Waals surface area contributed by atoms with Gasteiger partial charge in [0, 0.05) is 18.3 Å². The molecule has 0 unspecified atom stereocenters. The molecule has 4 heteroatoms. The molecule has 84 valence electrons. The van der Waals surface area contributed by atoms with Gasteiger partial charge in [-0.1, -0.05) is 12.1 Å². The number of aromatic hydroxyl groups is 1. The predicted octanol–water partition coefficient (Wildman–Crippen LogP) is 1.60. The minimum Gasteiger partial charge on any atom is -0.508 e. The minimum atomic E-state index is 0.258. The van der Waals surface area contributed by atoms with Crippen molar-refractivity contribution in [3.63, 3.8) is 0 Å². The number of hydrogen-bond donors (Lipinski definition) is 2. The average Bonchev–Trinajstić information content (AvgIpc) is 2.75. The highest BCUT2D eigenvalue weighted by Crippen LogP contribution is 2.21. The molecular formula is C12H15N3O. The van der Waals surface area contributed by atoms with E-state index >= 15 is 0 Å². The number of benzene rings is 1.